The number of ether oxygens (including phenoxy) is 1. The van der Waals surface area contributed by atoms with Gasteiger partial charge in [-0.2, -0.15) is 5.26 Å². The van der Waals surface area contributed by atoms with Gasteiger partial charge in [0.15, 0.2) is 0 Å². The second kappa shape index (κ2) is 7.34. The number of halogens is 1. The minimum Gasteiger partial charge on any atom is -0.480 e. The number of carbonyl (C=O) groups is 1. The van der Waals surface area contributed by atoms with Crippen LogP contribution in [0.1, 0.15) is 18.4 Å². The minimum atomic E-state index is -1.06. The molecule has 1 aromatic carbocycles. The lowest BCUT2D eigenvalue weighted by atomic mass is 10.1. The zero-order chi connectivity index (χ0) is 14.3. The van der Waals surface area contributed by atoms with Crippen LogP contribution in [0.2, 0.25) is 0 Å². The molecule has 0 fully saturated rings. The van der Waals surface area contributed by atoms with Crippen molar-refractivity contribution < 1.29 is 19.0 Å². The Morgan fingerprint density at radius 3 is 2.89 bits per heavy atom. The van der Waals surface area contributed by atoms with Crippen LogP contribution in [-0.4, -0.2) is 30.8 Å². The number of hydrogen-bond acceptors (Lipinski definition) is 4. The van der Waals surface area contributed by atoms with Crippen molar-refractivity contribution in [3.63, 3.8) is 0 Å². The smallest absolute Gasteiger partial charge is 0.326 e. The SMILES string of the molecule is COCCCC(Nc1ccc(C#N)cc1F)C(=O)O. The Morgan fingerprint density at radius 1 is 1.63 bits per heavy atom. The van der Waals surface area contributed by atoms with E-state index in [1.807, 2.05) is 6.07 Å². The number of carboxylic acid groups (broad SMARTS) is 1. The Balaban J connectivity index is 2.74. The van der Waals surface area contributed by atoms with Gasteiger partial charge in [0.25, 0.3) is 0 Å². The quantitative estimate of drug-likeness (QED) is 0.737. The molecule has 0 saturated heterocycles. The van der Waals surface area contributed by atoms with Crippen molar-refractivity contribution in [2.24, 2.45) is 0 Å². The molecular weight excluding hydrogens is 251 g/mol. The van der Waals surface area contributed by atoms with Crippen molar-refractivity contribution in [2.45, 2.75) is 18.9 Å². The molecule has 0 aromatic heterocycles. The van der Waals surface area contributed by atoms with E-state index in [1.54, 1.807) is 0 Å². The van der Waals surface area contributed by atoms with Crippen molar-refractivity contribution in [1.29, 1.82) is 5.26 Å². The summed E-state index contributed by atoms with van der Waals surface area (Å²) in [6.45, 7) is 0.446. The highest BCUT2D eigenvalue weighted by Crippen LogP contribution is 2.17. The van der Waals surface area contributed by atoms with Crippen LogP contribution in [0.3, 0.4) is 0 Å². The van der Waals surface area contributed by atoms with E-state index in [0.717, 1.165) is 6.07 Å². The van der Waals surface area contributed by atoms with E-state index in [2.05, 4.69) is 5.32 Å². The average Bonchev–Trinajstić information content (AvgIpc) is 2.39. The Bertz CT molecular complexity index is 485. The second-order valence-electron chi connectivity index (χ2n) is 3.98. The van der Waals surface area contributed by atoms with Crippen LogP contribution in [0.25, 0.3) is 0 Å². The van der Waals surface area contributed by atoms with Crippen molar-refractivity contribution in [2.75, 3.05) is 19.0 Å². The third kappa shape index (κ3) is 4.56. The summed E-state index contributed by atoms with van der Waals surface area (Å²) < 4.78 is 18.5. The average molecular weight is 266 g/mol. The van der Waals surface area contributed by atoms with Crippen LogP contribution >= 0.6 is 0 Å². The maximum Gasteiger partial charge on any atom is 0.326 e. The number of nitrogens with one attached hydrogen (secondary N) is 1. The summed E-state index contributed by atoms with van der Waals surface area (Å²) in [4.78, 5) is 11.1. The molecule has 1 aromatic rings. The van der Waals surface area contributed by atoms with E-state index in [1.165, 1.54) is 19.2 Å². The van der Waals surface area contributed by atoms with Gasteiger partial charge in [0, 0.05) is 13.7 Å². The fourth-order valence-electron chi connectivity index (χ4n) is 1.58. The monoisotopic (exact) mass is 266 g/mol. The van der Waals surface area contributed by atoms with Gasteiger partial charge in [0.1, 0.15) is 11.9 Å². The first kappa shape index (κ1) is 14.9. The number of hydrogen-bond donors (Lipinski definition) is 2. The first-order valence-corrected chi connectivity index (χ1v) is 5.76. The van der Waals surface area contributed by atoms with Gasteiger partial charge in [-0.25, -0.2) is 9.18 Å². The third-order valence-corrected chi connectivity index (χ3v) is 2.57. The molecule has 2 N–H and O–H groups in total. The second-order valence-corrected chi connectivity index (χ2v) is 3.98. The topological polar surface area (TPSA) is 82.3 Å². The number of benzene rings is 1. The van der Waals surface area contributed by atoms with Gasteiger partial charge in [-0.05, 0) is 31.0 Å². The molecule has 5 nitrogen and oxygen atoms in total. The summed E-state index contributed by atoms with van der Waals surface area (Å²) in [7, 11) is 1.53. The molecule has 6 heteroatoms. The van der Waals surface area contributed by atoms with Crippen LogP contribution in [0.5, 0.6) is 0 Å². The number of nitrogens with zero attached hydrogens (tertiary/aromatic N) is 1. The Morgan fingerprint density at radius 2 is 2.37 bits per heavy atom. The maximum absolute atomic E-state index is 13.6. The van der Waals surface area contributed by atoms with Gasteiger partial charge >= 0.3 is 5.97 Å². The summed E-state index contributed by atoms with van der Waals surface area (Å²) in [5, 5.41) is 20.3. The highest BCUT2D eigenvalue weighted by atomic mass is 19.1. The number of anilines is 1. The molecule has 0 heterocycles. The number of aliphatic carboxylic acids is 1. The molecule has 0 saturated carbocycles. The molecular formula is C13H15FN2O3. The van der Waals surface area contributed by atoms with E-state index in [4.69, 9.17) is 15.1 Å². The van der Waals surface area contributed by atoms with Crippen LogP contribution < -0.4 is 5.32 Å². The Labute approximate surface area is 110 Å². The van der Waals surface area contributed by atoms with Gasteiger partial charge < -0.3 is 15.2 Å². The molecule has 1 atom stereocenters. The molecule has 0 aliphatic heterocycles. The predicted octanol–water partition coefficient (Wildman–Crippen LogP) is 1.99. The van der Waals surface area contributed by atoms with Crippen molar-refractivity contribution in [3.8, 4) is 6.07 Å². The van der Waals surface area contributed by atoms with Gasteiger partial charge in [0.05, 0.1) is 17.3 Å². The largest absolute Gasteiger partial charge is 0.480 e. The number of carboxylic acids is 1. The van der Waals surface area contributed by atoms with Crippen molar-refractivity contribution in [3.05, 3.63) is 29.6 Å². The number of methoxy groups -OCH3 is 1. The van der Waals surface area contributed by atoms with Crippen LogP contribution in [-0.2, 0) is 9.53 Å². The molecule has 0 bridgehead atoms. The Hall–Kier alpha value is -2.13. The van der Waals surface area contributed by atoms with Crippen LogP contribution in [0, 0.1) is 17.1 Å². The van der Waals surface area contributed by atoms with E-state index in [0.29, 0.717) is 19.4 Å². The van der Waals surface area contributed by atoms with Crippen LogP contribution in [0.15, 0.2) is 18.2 Å². The third-order valence-electron chi connectivity index (χ3n) is 2.57. The highest BCUT2D eigenvalue weighted by molar-refractivity contribution is 5.77. The minimum absolute atomic E-state index is 0.0730. The molecule has 102 valence electrons. The van der Waals surface area contributed by atoms with E-state index < -0.39 is 17.8 Å². The molecule has 19 heavy (non-hydrogen) atoms. The van der Waals surface area contributed by atoms with Crippen LogP contribution in [0.4, 0.5) is 10.1 Å². The van der Waals surface area contributed by atoms with E-state index in [9.17, 15) is 9.18 Å². The number of rotatable bonds is 7. The molecule has 0 aliphatic carbocycles. The van der Waals surface area contributed by atoms with Gasteiger partial charge in [-0.1, -0.05) is 0 Å². The fraction of sp³-hybridized carbons (Fsp3) is 0.385. The summed E-state index contributed by atoms with van der Waals surface area (Å²) in [6, 6.07) is 4.78. The summed E-state index contributed by atoms with van der Waals surface area (Å²) in [5.74, 6) is -1.70. The van der Waals surface area contributed by atoms with Gasteiger partial charge in [0.2, 0.25) is 0 Å². The zero-order valence-corrected chi connectivity index (χ0v) is 10.5. The normalized spacial score (nSPS) is 11.6. The summed E-state index contributed by atoms with van der Waals surface area (Å²) in [5.41, 5.74) is 0.262. The van der Waals surface area contributed by atoms with E-state index in [-0.39, 0.29) is 11.3 Å². The Kier molecular flexibility index (Phi) is 5.76. The molecule has 0 radical (unpaired) electrons. The lowest BCUT2D eigenvalue weighted by molar-refractivity contribution is -0.138. The lowest BCUT2D eigenvalue weighted by Gasteiger charge is -2.16. The molecule has 0 aliphatic rings. The predicted molar refractivity (Wildman–Crippen MR) is 67.3 cm³/mol. The summed E-state index contributed by atoms with van der Waals surface area (Å²) in [6.07, 6.45) is 0.876. The zero-order valence-electron chi connectivity index (χ0n) is 10.5. The highest BCUT2D eigenvalue weighted by Gasteiger charge is 2.18. The first-order valence-electron chi connectivity index (χ1n) is 5.76. The van der Waals surface area contributed by atoms with E-state index >= 15 is 0 Å². The van der Waals surface area contributed by atoms with Crippen molar-refractivity contribution in [1.82, 2.24) is 0 Å². The standard InChI is InChI=1S/C13H15FN2O3/c1-19-6-2-3-12(13(17)18)16-11-5-4-9(8-15)7-10(11)14/h4-5,7,12,16H,2-3,6H2,1H3,(H,17,18). The fourth-order valence-corrected chi connectivity index (χ4v) is 1.58. The maximum atomic E-state index is 13.6. The first-order chi connectivity index (χ1) is 9.08. The molecule has 0 amide bonds. The number of nitriles is 1. The summed E-state index contributed by atoms with van der Waals surface area (Å²) >= 11 is 0. The molecule has 1 rings (SSSR count). The molecule has 0 spiro atoms. The molecule has 1 unspecified atom stereocenters. The van der Waals surface area contributed by atoms with Crippen molar-refractivity contribution >= 4 is 11.7 Å². The van der Waals surface area contributed by atoms with Gasteiger partial charge in [-0.15, -0.1) is 0 Å². The lowest BCUT2D eigenvalue weighted by Crippen LogP contribution is -2.29. The van der Waals surface area contributed by atoms with Gasteiger partial charge in [-0.3, -0.25) is 0 Å².